The van der Waals surface area contributed by atoms with Crippen molar-refractivity contribution in [3.8, 4) is 36.0 Å². The fourth-order valence-electron chi connectivity index (χ4n) is 1.27. The molecule has 2 heteroatoms. The Kier molecular flexibility index (Phi) is 10.6. The molecule has 0 atom stereocenters. The van der Waals surface area contributed by atoms with Gasteiger partial charge in [-0.3, -0.25) is 0 Å². The number of nitrogens with one attached hydrogen (secondary N) is 1. The molecular formula is C18H24N2. The highest BCUT2D eigenvalue weighted by atomic mass is 14.8. The van der Waals surface area contributed by atoms with Crippen molar-refractivity contribution in [2.45, 2.75) is 33.1 Å². The molecule has 0 spiro atoms. The Morgan fingerprint density at radius 2 is 1.55 bits per heavy atom. The number of hydrogen-bond donors (Lipinski definition) is 2. The van der Waals surface area contributed by atoms with Crippen LogP contribution in [-0.2, 0) is 5.41 Å². The molecule has 4 N–H and O–H groups in total. The van der Waals surface area contributed by atoms with Gasteiger partial charge in [0, 0.05) is 12.7 Å². The number of rotatable bonds is 1. The molecule has 0 amide bonds. The van der Waals surface area contributed by atoms with E-state index in [4.69, 9.17) is 6.42 Å². The summed E-state index contributed by atoms with van der Waals surface area (Å²) in [6.07, 6.45) is 4.78. The maximum absolute atomic E-state index is 4.78. The Bertz CT molecular complexity index is 532. The zero-order valence-electron chi connectivity index (χ0n) is 13.1. The van der Waals surface area contributed by atoms with Crippen LogP contribution in [0, 0.1) is 36.0 Å². The van der Waals surface area contributed by atoms with Gasteiger partial charge in [-0.15, -0.1) is 6.42 Å². The van der Waals surface area contributed by atoms with E-state index in [1.54, 1.807) is 6.92 Å². The lowest BCUT2D eigenvalue weighted by Gasteiger charge is -2.18. The minimum Gasteiger partial charge on any atom is -0.388 e. The van der Waals surface area contributed by atoms with Crippen molar-refractivity contribution >= 4 is 5.69 Å². The van der Waals surface area contributed by atoms with Gasteiger partial charge in [0.15, 0.2) is 0 Å². The largest absolute Gasteiger partial charge is 0.388 e. The van der Waals surface area contributed by atoms with Gasteiger partial charge in [-0.2, -0.15) is 0 Å². The first kappa shape index (κ1) is 20.0. The molecule has 0 unspecified atom stereocenters. The van der Waals surface area contributed by atoms with E-state index in [2.05, 4.69) is 80.0 Å². The maximum Gasteiger partial charge on any atom is 0.0337 e. The van der Waals surface area contributed by atoms with E-state index in [0.29, 0.717) is 0 Å². The first-order valence-electron chi connectivity index (χ1n) is 6.11. The smallest absolute Gasteiger partial charge is 0.0337 e. The van der Waals surface area contributed by atoms with Gasteiger partial charge in [0.05, 0.1) is 0 Å². The molecule has 0 aliphatic carbocycles. The van der Waals surface area contributed by atoms with Crippen LogP contribution in [0.1, 0.15) is 33.3 Å². The van der Waals surface area contributed by atoms with Crippen LogP contribution >= 0.6 is 0 Å². The minimum absolute atomic E-state index is 0. The monoisotopic (exact) mass is 268 g/mol. The second kappa shape index (κ2) is 10.6. The molecule has 1 aromatic carbocycles. The first-order chi connectivity index (χ1) is 8.95. The van der Waals surface area contributed by atoms with Crippen LogP contribution < -0.4 is 11.5 Å². The minimum atomic E-state index is 0. The third-order valence-electron chi connectivity index (χ3n) is 2.36. The fourth-order valence-corrected chi connectivity index (χ4v) is 1.27. The quantitative estimate of drug-likeness (QED) is 0.760. The number of terminal acetylenes is 1. The fraction of sp³-hybridized carbons (Fsp3) is 0.333. The summed E-state index contributed by atoms with van der Waals surface area (Å²) in [5.74, 6) is 12.0. The molecule has 0 aliphatic rings. The lowest BCUT2D eigenvalue weighted by Crippen LogP contribution is -2.10. The summed E-state index contributed by atoms with van der Waals surface area (Å²) in [7, 11) is 1.94. The molecule has 20 heavy (non-hydrogen) atoms. The van der Waals surface area contributed by atoms with Gasteiger partial charge in [0.1, 0.15) is 0 Å². The molecule has 0 saturated carbocycles. The summed E-state index contributed by atoms with van der Waals surface area (Å²) >= 11 is 0. The van der Waals surface area contributed by atoms with E-state index in [1.807, 2.05) is 7.05 Å². The predicted octanol–water partition coefficient (Wildman–Crippen LogP) is 3.83. The summed E-state index contributed by atoms with van der Waals surface area (Å²) in [6.45, 7) is 8.38. The second-order valence-corrected chi connectivity index (χ2v) is 4.85. The Labute approximate surface area is 123 Å². The second-order valence-electron chi connectivity index (χ2n) is 4.85. The van der Waals surface area contributed by atoms with Crippen LogP contribution in [0.25, 0.3) is 0 Å². The van der Waals surface area contributed by atoms with Gasteiger partial charge in [-0.05, 0) is 53.7 Å². The molecule has 1 aromatic rings. The number of hydrogen-bond acceptors (Lipinski definition) is 2. The van der Waals surface area contributed by atoms with Gasteiger partial charge in [0.2, 0.25) is 0 Å². The third-order valence-corrected chi connectivity index (χ3v) is 2.36. The SMILES string of the molecule is C#CC#CC#CC.CNc1ccc(C(C)(C)C)cc1.N. The highest BCUT2D eigenvalue weighted by molar-refractivity contribution is 5.45. The normalized spacial score (nSPS) is 8.00. The van der Waals surface area contributed by atoms with Crippen LogP contribution in [-0.4, -0.2) is 7.05 Å². The highest BCUT2D eigenvalue weighted by Gasteiger charge is 2.12. The average molecular weight is 268 g/mol. The predicted molar refractivity (Wildman–Crippen MR) is 89.8 cm³/mol. The summed E-state index contributed by atoms with van der Waals surface area (Å²) in [4.78, 5) is 0. The molecule has 106 valence electrons. The van der Waals surface area contributed by atoms with E-state index in [9.17, 15) is 0 Å². The van der Waals surface area contributed by atoms with E-state index < -0.39 is 0 Å². The molecule has 0 heterocycles. The van der Waals surface area contributed by atoms with Crippen LogP contribution in [0.4, 0.5) is 5.69 Å². The Morgan fingerprint density at radius 3 is 1.90 bits per heavy atom. The molecular weight excluding hydrogens is 244 g/mol. The summed E-state index contributed by atoms with van der Waals surface area (Å²) in [5.41, 5.74) is 2.80. The molecule has 0 aromatic heterocycles. The van der Waals surface area contributed by atoms with E-state index >= 15 is 0 Å². The van der Waals surface area contributed by atoms with Crippen LogP contribution in [0.5, 0.6) is 0 Å². The lowest BCUT2D eigenvalue weighted by atomic mass is 9.87. The van der Waals surface area contributed by atoms with Crippen LogP contribution in [0.15, 0.2) is 24.3 Å². The molecule has 0 aliphatic heterocycles. The summed E-state index contributed by atoms with van der Waals surface area (Å²) in [6, 6.07) is 8.57. The molecule has 0 bridgehead atoms. The van der Waals surface area contributed by atoms with Crippen LogP contribution in [0.2, 0.25) is 0 Å². The molecule has 0 fully saturated rings. The van der Waals surface area contributed by atoms with Gasteiger partial charge < -0.3 is 11.5 Å². The molecule has 1 rings (SSSR count). The van der Waals surface area contributed by atoms with Crippen molar-refractivity contribution in [3.63, 3.8) is 0 Å². The number of benzene rings is 1. The van der Waals surface area contributed by atoms with E-state index in [-0.39, 0.29) is 11.6 Å². The molecule has 0 saturated heterocycles. The van der Waals surface area contributed by atoms with Crippen molar-refractivity contribution < 1.29 is 0 Å². The molecule has 2 nitrogen and oxygen atoms in total. The zero-order valence-corrected chi connectivity index (χ0v) is 13.1. The average Bonchev–Trinajstić information content (AvgIpc) is 2.39. The zero-order chi connectivity index (χ0) is 14.7. The van der Waals surface area contributed by atoms with Gasteiger partial charge >= 0.3 is 0 Å². The van der Waals surface area contributed by atoms with E-state index in [1.165, 1.54) is 11.3 Å². The van der Waals surface area contributed by atoms with E-state index in [0.717, 1.165) is 0 Å². The van der Waals surface area contributed by atoms with Crippen molar-refractivity contribution in [3.05, 3.63) is 29.8 Å². The van der Waals surface area contributed by atoms with Crippen molar-refractivity contribution in [1.82, 2.24) is 6.15 Å². The van der Waals surface area contributed by atoms with Crippen molar-refractivity contribution in [2.24, 2.45) is 0 Å². The lowest BCUT2D eigenvalue weighted by molar-refractivity contribution is 0.590. The summed E-state index contributed by atoms with van der Waals surface area (Å²) in [5, 5.41) is 3.11. The Balaban J connectivity index is 0. The third kappa shape index (κ3) is 8.71. The standard InChI is InChI=1S/C11H17N.C7H4.H3N/c1-11(2,3)9-5-7-10(12-4)8-6-9;1-3-5-7-6-4-2;/h5-8,12H,1-4H3;1H,2H3;1H3. The Hall–Kier alpha value is -2.34. The number of anilines is 1. The first-order valence-corrected chi connectivity index (χ1v) is 6.11. The van der Waals surface area contributed by atoms with Crippen molar-refractivity contribution in [1.29, 1.82) is 0 Å². The van der Waals surface area contributed by atoms with Gasteiger partial charge in [0.25, 0.3) is 0 Å². The topological polar surface area (TPSA) is 47.0 Å². The van der Waals surface area contributed by atoms with Gasteiger partial charge in [-0.1, -0.05) is 38.8 Å². The molecule has 0 radical (unpaired) electrons. The highest BCUT2D eigenvalue weighted by Crippen LogP contribution is 2.23. The van der Waals surface area contributed by atoms with Crippen molar-refractivity contribution in [2.75, 3.05) is 12.4 Å². The van der Waals surface area contributed by atoms with Crippen LogP contribution in [0.3, 0.4) is 0 Å². The summed E-state index contributed by atoms with van der Waals surface area (Å²) < 4.78 is 0. The Morgan fingerprint density at radius 1 is 1.00 bits per heavy atom. The van der Waals surface area contributed by atoms with Gasteiger partial charge in [-0.25, -0.2) is 0 Å². The maximum atomic E-state index is 4.78.